The van der Waals surface area contributed by atoms with Gasteiger partial charge in [-0.25, -0.2) is 0 Å². The summed E-state index contributed by atoms with van der Waals surface area (Å²) in [6.45, 7) is 4.87. The molecular weight excluding hydrogens is 230 g/mol. The molecule has 0 bridgehead atoms. The van der Waals surface area contributed by atoms with Gasteiger partial charge in [0.2, 0.25) is 11.9 Å². The van der Waals surface area contributed by atoms with Gasteiger partial charge in [0, 0.05) is 13.1 Å². The van der Waals surface area contributed by atoms with Gasteiger partial charge in [-0.2, -0.15) is 15.0 Å². The summed E-state index contributed by atoms with van der Waals surface area (Å²) in [5.74, 6) is 1.88. The third kappa shape index (κ3) is 3.21. The van der Waals surface area contributed by atoms with Gasteiger partial charge in [-0.3, -0.25) is 0 Å². The number of anilines is 2. The highest BCUT2D eigenvalue weighted by Gasteiger charge is 2.35. The molecule has 1 saturated carbocycles. The lowest BCUT2D eigenvalue weighted by Gasteiger charge is -2.08. The molecular formula is C12H21N5O. The quantitative estimate of drug-likeness (QED) is 0.771. The van der Waals surface area contributed by atoms with Crippen LogP contribution in [0.3, 0.4) is 0 Å². The number of ether oxygens (including phenoxy) is 1. The van der Waals surface area contributed by atoms with Crippen LogP contribution in [0.2, 0.25) is 0 Å². The normalized spacial score (nSPS) is 21.5. The zero-order chi connectivity index (χ0) is 13.0. The van der Waals surface area contributed by atoms with Gasteiger partial charge in [0.1, 0.15) is 0 Å². The van der Waals surface area contributed by atoms with Crippen molar-refractivity contribution in [1.29, 1.82) is 0 Å². The topological polar surface area (TPSA) is 72.0 Å². The van der Waals surface area contributed by atoms with Crippen LogP contribution < -0.4 is 15.4 Å². The van der Waals surface area contributed by atoms with Crippen molar-refractivity contribution < 1.29 is 4.74 Å². The molecule has 100 valence electrons. The maximum absolute atomic E-state index is 5.45. The summed E-state index contributed by atoms with van der Waals surface area (Å²) in [6, 6.07) is 0.883. The smallest absolute Gasteiger partial charge is 0.323 e. The van der Waals surface area contributed by atoms with Crippen LogP contribution >= 0.6 is 0 Å². The number of hydrogen-bond donors (Lipinski definition) is 2. The highest BCUT2D eigenvalue weighted by Crippen LogP contribution is 2.35. The van der Waals surface area contributed by atoms with Gasteiger partial charge in [0.05, 0.1) is 6.61 Å². The van der Waals surface area contributed by atoms with Crippen LogP contribution in [0.15, 0.2) is 0 Å². The zero-order valence-corrected chi connectivity index (χ0v) is 11.2. The third-order valence-corrected chi connectivity index (χ3v) is 3.04. The van der Waals surface area contributed by atoms with Gasteiger partial charge in [0.15, 0.2) is 0 Å². The lowest BCUT2D eigenvalue weighted by atomic mass is 10.3. The Labute approximate surface area is 108 Å². The van der Waals surface area contributed by atoms with Gasteiger partial charge >= 0.3 is 6.01 Å². The second kappa shape index (κ2) is 5.84. The van der Waals surface area contributed by atoms with Gasteiger partial charge in [-0.15, -0.1) is 0 Å². The number of aromatic nitrogens is 3. The van der Waals surface area contributed by atoms with E-state index in [1.54, 1.807) is 7.05 Å². The molecule has 1 aromatic heterocycles. The Hall–Kier alpha value is -1.59. The van der Waals surface area contributed by atoms with Crippen molar-refractivity contribution in [1.82, 2.24) is 15.0 Å². The fourth-order valence-corrected chi connectivity index (χ4v) is 1.83. The van der Waals surface area contributed by atoms with E-state index in [2.05, 4.69) is 39.4 Å². The van der Waals surface area contributed by atoms with E-state index in [-0.39, 0.29) is 0 Å². The average Bonchev–Trinajstić information content (AvgIpc) is 3.14. The third-order valence-electron chi connectivity index (χ3n) is 3.04. The Kier molecular flexibility index (Phi) is 4.17. The molecule has 1 fully saturated rings. The van der Waals surface area contributed by atoms with E-state index in [0.29, 0.717) is 30.6 Å². The van der Waals surface area contributed by atoms with Crippen LogP contribution in [0, 0.1) is 5.92 Å². The van der Waals surface area contributed by atoms with E-state index in [1.165, 1.54) is 12.8 Å². The molecule has 0 spiro atoms. The monoisotopic (exact) mass is 251 g/mol. The molecule has 0 aliphatic heterocycles. The molecule has 2 atom stereocenters. The molecule has 0 saturated heterocycles. The predicted molar refractivity (Wildman–Crippen MR) is 71.0 cm³/mol. The highest BCUT2D eigenvalue weighted by molar-refractivity contribution is 5.37. The lowest BCUT2D eigenvalue weighted by molar-refractivity contribution is 0.292. The summed E-state index contributed by atoms with van der Waals surface area (Å²) in [5.41, 5.74) is 0. The van der Waals surface area contributed by atoms with E-state index in [4.69, 9.17) is 4.74 Å². The minimum atomic E-state index is 0.382. The van der Waals surface area contributed by atoms with Crippen LogP contribution in [-0.4, -0.2) is 34.6 Å². The summed E-state index contributed by atoms with van der Waals surface area (Å²) < 4.78 is 5.45. The maximum Gasteiger partial charge on any atom is 0.323 e. The molecule has 1 aromatic rings. The molecule has 6 heteroatoms. The van der Waals surface area contributed by atoms with Crippen LogP contribution in [0.4, 0.5) is 11.9 Å². The van der Waals surface area contributed by atoms with Gasteiger partial charge in [-0.1, -0.05) is 20.3 Å². The molecule has 1 heterocycles. The molecule has 2 unspecified atom stereocenters. The maximum atomic E-state index is 5.45. The fraction of sp³-hybridized carbons (Fsp3) is 0.750. The Morgan fingerprint density at radius 2 is 2.00 bits per heavy atom. The van der Waals surface area contributed by atoms with Gasteiger partial charge in [0.25, 0.3) is 0 Å². The van der Waals surface area contributed by atoms with Crippen molar-refractivity contribution >= 4 is 11.9 Å². The molecule has 6 nitrogen and oxygen atoms in total. The second-order valence-electron chi connectivity index (χ2n) is 4.52. The van der Waals surface area contributed by atoms with Crippen molar-refractivity contribution in [3.8, 4) is 6.01 Å². The van der Waals surface area contributed by atoms with Gasteiger partial charge in [-0.05, 0) is 18.8 Å². The van der Waals surface area contributed by atoms with E-state index in [0.717, 1.165) is 12.3 Å². The number of nitrogens with one attached hydrogen (secondary N) is 2. The summed E-state index contributed by atoms with van der Waals surface area (Å²) in [4.78, 5) is 12.7. The SMILES string of the molecule is CCCOc1nc(NC)nc(NC2CC2CC)n1. The molecule has 0 amide bonds. The summed E-state index contributed by atoms with van der Waals surface area (Å²) in [5, 5.41) is 6.25. The van der Waals surface area contributed by atoms with Crippen LogP contribution in [0.1, 0.15) is 33.1 Å². The minimum Gasteiger partial charge on any atom is -0.463 e. The number of hydrogen-bond acceptors (Lipinski definition) is 6. The minimum absolute atomic E-state index is 0.382. The van der Waals surface area contributed by atoms with Crippen molar-refractivity contribution in [3.05, 3.63) is 0 Å². The average molecular weight is 251 g/mol. The zero-order valence-electron chi connectivity index (χ0n) is 11.2. The molecule has 1 aliphatic carbocycles. The fourth-order valence-electron chi connectivity index (χ4n) is 1.83. The largest absolute Gasteiger partial charge is 0.463 e. The van der Waals surface area contributed by atoms with Crippen LogP contribution in [-0.2, 0) is 0 Å². The van der Waals surface area contributed by atoms with E-state index >= 15 is 0 Å². The number of nitrogens with zero attached hydrogens (tertiary/aromatic N) is 3. The first-order valence-corrected chi connectivity index (χ1v) is 6.60. The second-order valence-corrected chi connectivity index (χ2v) is 4.52. The Balaban J connectivity index is 2.03. The highest BCUT2D eigenvalue weighted by atomic mass is 16.5. The van der Waals surface area contributed by atoms with Crippen LogP contribution in [0.25, 0.3) is 0 Å². The standard InChI is InChI=1S/C12H21N5O/c1-4-6-18-12-16-10(13-3)15-11(17-12)14-9-7-8(9)5-2/h8-9H,4-7H2,1-3H3,(H2,13,14,15,16,17). The Bertz CT molecular complexity index is 398. The summed E-state index contributed by atoms with van der Waals surface area (Å²) in [7, 11) is 1.79. The lowest BCUT2D eigenvalue weighted by Crippen LogP contribution is -2.12. The summed E-state index contributed by atoms with van der Waals surface area (Å²) >= 11 is 0. The first-order chi connectivity index (χ1) is 8.76. The summed E-state index contributed by atoms with van der Waals surface area (Å²) in [6.07, 6.45) is 3.33. The molecule has 2 rings (SSSR count). The van der Waals surface area contributed by atoms with Crippen LogP contribution in [0.5, 0.6) is 6.01 Å². The molecule has 0 aromatic carbocycles. The van der Waals surface area contributed by atoms with E-state index in [1.807, 2.05) is 0 Å². The first kappa shape index (κ1) is 12.9. The molecule has 1 aliphatic rings. The Morgan fingerprint density at radius 3 is 2.61 bits per heavy atom. The van der Waals surface area contributed by atoms with Crippen molar-refractivity contribution in [3.63, 3.8) is 0 Å². The Morgan fingerprint density at radius 1 is 1.22 bits per heavy atom. The first-order valence-electron chi connectivity index (χ1n) is 6.60. The molecule has 0 radical (unpaired) electrons. The molecule has 2 N–H and O–H groups in total. The van der Waals surface area contributed by atoms with Crippen molar-refractivity contribution in [2.75, 3.05) is 24.3 Å². The number of rotatable bonds is 7. The van der Waals surface area contributed by atoms with Gasteiger partial charge < -0.3 is 15.4 Å². The van der Waals surface area contributed by atoms with E-state index < -0.39 is 0 Å². The van der Waals surface area contributed by atoms with Crippen molar-refractivity contribution in [2.24, 2.45) is 5.92 Å². The predicted octanol–water partition coefficient (Wildman–Crippen LogP) is 1.91. The van der Waals surface area contributed by atoms with E-state index in [9.17, 15) is 0 Å². The van der Waals surface area contributed by atoms with Crippen molar-refractivity contribution in [2.45, 2.75) is 39.2 Å². The molecule has 18 heavy (non-hydrogen) atoms.